The summed E-state index contributed by atoms with van der Waals surface area (Å²) in [6, 6.07) is 1.55. The summed E-state index contributed by atoms with van der Waals surface area (Å²) in [6.45, 7) is 4.86. The normalized spacial score (nSPS) is 25.8. The smallest absolute Gasteiger partial charge is 0.319 e. The van der Waals surface area contributed by atoms with Crippen LogP contribution in [0.3, 0.4) is 0 Å². The van der Waals surface area contributed by atoms with Gasteiger partial charge in [-0.05, 0) is 69.7 Å². The van der Waals surface area contributed by atoms with Gasteiger partial charge >= 0.3 is 6.01 Å². The highest BCUT2D eigenvalue weighted by Gasteiger charge is 2.49. The molecule has 3 fully saturated rings. The van der Waals surface area contributed by atoms with Crippen LogP contribution in [-0.2, 0) is 4.79 Å². The number of halogens is 3. The van der Waals surface area contributed by atoms with E-state index in [1.807, 2.05) is 6.92 Å². The maximum absolute atomic E-state index is 16.7. The Labute approximate surface area is 252 Å². The summed E-state index contributed by atoms with van der Waals surface area (Å²) in [6.07, 6.45) is 2.88. The second-order valence-corrected chi connectivity index (χ2v) is 12.7. The predicted octanol–water partition coefficient (Wildman–Crippen LogP) is 4.48. The molecule has 1 amide bonds. The third-order valence-corrected chi connectivity index (χ3v) is 9.62. The number of anilines is 1. The second kappa shape index (κ2) is 10.3. The van der Waals surface area contributed by atoms with Crippen molar-refractivity contribution >= 4 is 34.2 Å². The van der Waals surface area contributed by atoms with Gasteiger partial charge in [-0.15, -0.1) is 0 Å². The number of carbonyl (C=O) groups excluding carboxylic acids is 1. The summed E-state index contributed by atoms with van der Waals surface area (Å²) in [5.74, 6) is -1.09. The first-order valence-corrected chi connectivity index (χ1v) is 15.1. The number of ether oxygens (including phenoxy) is 2. The van der Waals surface area contributed by atoms with E-state index in [1.54, 1.807) is 11.8 Å². The van der Waals surface area contributed by atoms with E-state index in [-0.39, 0.29) is 59.2 Å². The van der Waals surface area contributed by atoms with Gasteiger partial charge < -0.3 is 25.2 Å². The molecule has 1 aromatic carbocycles. The summed E-state index contributed by atoms with van der Waals surface area (Å²) >= 11 is 6.54. The summed E-state index contributed by atoms with van der Waals surface area (Å²) in [7, 11) is 0. The number of aromatic nitrogens is 3. The molecule has 10 nitrogen and oxygen atoms in total. The highest BCUT2D eigenvalue weighted by atomic mass is 35.5. The number of primary amides is 1. The van der Waals surface area contributed by atoms with Crippen LogP contribution in [0, 0.1) is 5.82 Å². The minimum atomic E-state index is -0.945. The van der Waals surface area contributed by atoms with E-state index in [4.69, 9.17) is 26.8 Å². The molecule has 1 aliphatic carbocycles. The predicted molar refractivity (Wildman–Crippen MR) is 156 cm³/mol. The first kappa shape index (κ1) is 28.3. The van der Waals surface area contributed by atoms with Crippen LogP contribution in [0.5, 0.6) is 17.6 Å². The average Bonchev–Trinajstić information content (AvgIpc) is 3.66. The van der Waals surface area contributed by atoms with Crippen LogP contribution in [0.2, 0.25) is 5.02 Å². The maximum Gasteiger partial charge on any atom is 0.319 e. The number of benzene rings is 1. The lowest BCUT2D eigenvalue weighted by atomic mass is 9.95. The highest BCUT2D eigenvalue weighted by Crippen LogP contribution is 2.50. The van der Waals surface area contributed by atoms with Gasteiger partial charge in [-0.2, -0.15) is 9.97 Å². The molecule has 3 N–H and O–H groups in total. The third-order valence-electron chi connectivity index (χ3n) is 9.31. The van der Waals surface area contributed by atoms with E-state index >= 15 is 4.39 Å². The minimum absolute atomic E-state index is 0.0709. The second-order valence-electron chi connectivity index (χ2n) is 12.3. The Morgan fingerprint density at radius 1 is 1.33 bits per heavy atom. The Bertz CT molecular complexity index is 1640. The van der Waals surface area contributed by atoms with E-state index in [0.29, 0.717) is 29.1 Å². The monoisotopic (exact) mass is 614 g/mol. The quantitative estimate of drug-likeness (QED) is 0.396. The van der Waals surface area contributed by atoms with E-state index in [0.717, 1.165) is 32.2 Å². The number of hydrogen-bond acceptors (Lipinski definition) is 9. The number of carbonyl (C=O) groups is 1. The molecule has 0 spiro atoms. The Hall–Kier alpha value is -3.51. The number of alkyl halides is 1. The number of fused-ring (bicyclic) bond motifs is 1. The molecule has 5 heterocycles. The number of nitrogens with two attached hydrogens (primary N) is 1. The number of rotatable bonds is 7. The van der Waals surface area contributed by atoms with Gasteiger partial charge in [-0.1, -0.05) is 11.6 Å². The molecule has 2 unspecified atom stereocenters. The molecule has 228 valence electrons. The molecule has 3 aromatic rings. The molecule has 4 aliphatic rings. The third kappa shape index (κ3) is 4.69. The molecule has 0 bridgehead atoms. The van der Waals surface area contributed by atoms with Gasteiger partial charge in [0.25, 0.3) is 0 Å². The van der Waals surface area contributed by atoms with Crippen molar-refractivity contribution in [2.24, 2.45) is 5.73 Å². The minimum Gasteiger partial charge on any atom is -0.508 e. The lowest BCUT2D eigenvalue weighted by molar-refractivity contribution is -0.119. The van der Waals surface area contributed by atoms with Crippen molar-refractivity contribution in [3.05, 3.63) is 28.5 Å². The first-order chi connectivity index (χ1) is 20.6. The first-order valence-electron chi connectivity index (χ1n) is 14.7. The van der Waals surface area contributed by atoms with Crippen molar-refractivity contribution in [1.82, 2.24) is 19.9 Å². The molecule has 43 heavy (non-hydrogen) atoms. The summed E-state index contributed by atoms with van der Waals surface area (Å²) < 4.78 is 43.4. The van der Waals surface area contributed by atoms with Gasteiger partial charge in [0, 0.05) is 23.6 Å². The highest BCUT2D eigenvalue weighted by molar-refractivity contribution is 6.32. The summed E-state index contributed by atoms with van der Waals surface area (Å²) in [5, 5.41) is 10.9. The SMILES string of the molecule is CC(C(N)=O)N1c2nc(OC[C@@]34CCCN3CC(F)C4)nc3c(F)c(-c4cc(O)cc(Cl)c4C4CC4)nc(c23)OC[C@@H]1C. The number of aromatic hydroxyl groups is 1. The summed E-state index contributed by atoms with van der Waals surface area (Å²) in [5.41, 5.74) is 6.12. The number of phenolic OH excluding ortho intramolecular Hbond substituents is 1. The molecular weight excluding hydrogens is 582 g/mol. The van der Waals surface area contributed by atoms with Gasteiger partial charge in [-0.3, -0.25) is 9.69 Å². The molecule has 0 radical (unpaired) electrons. The van der Waals surface area contributed by atoms with Gasteiger partial charge in [-0.25, -0.2) is 13.8 Å². The fourth-order valence-corrected chi connectivity index (χ4v) is 7.43. The zero-order valence-electron chi connectivity index (χ0n) is 23.9. The largest absolute Gasteiger partial charge is 0.508 e. The van der Waals surface area contributed by atoms with Gasteiger partial charge in [0.2, 0.25) is 11.8 Å². The lowest BCUT2D eigenvalue weighted by Crippen LogP contribution is -2.49. The maximum atomic E-state index is 16.7. The number of phenols is 1. The molecule has 2 saturated heterocycles. The van der Waals surface area contributed by atoms with Crippen LogP contribution in [0.15, 0.2) is 12.1 Å². The average molecular weight is 615 g/mol. The van der Waals surface area contributed by atoms with Gasteiger partial charge in [0.05, 0.1) is 11.6 Å². The fourth-order valence-electron chi connectivity index (χ4n) is 7.06. The van der Waals surface area contributed by atoms with Crippen LogP contribution in [0.1, 0.15) is 57.4 Å². The standard InChI is InChI=1S/C30H33ClF2N6O4/c1-14-12-42-28-22-25(23(33)24(35-28)19-8-18(40)9-20(31)21(19)16-4-5-16)36-29(37-27(22)39(14)15(2)26(34)41)43-13-30-6-3-7-38(30)11-17(32)10-30/h8-9,14-17,40H,3-7,10-13H2,1-2H3,(H2,34,41)/t14-,15?,17?,30-/m0/s1. The van der Waals surface area contributed by atoms with E-state index < -0.39 is 35.5 Å². The van der Waals surface area contributed by atoms with Gasteiger partial charge in [0.1, 0.15) is 53.6 Å². The zero-order valence-corrected chi connectivity index (χ0v) is 24.7. The molecule has 7 rings (SSSR count). The molecule has 2 aromatic heterocycles. The van der Waals surface area contributed by atoms with E-state index in [9.17, 15) is 14.3 Å². The van der Waals surface area contributed by atoms with Crippen molar-refractivity contribution in [1.29, 1.82) is 0 Å². The van der Waals surface area contributed by atoms with Crippen LogP contribution in [-0.4, -0.2) is 81.0 Å². The lowest BCUT2D eigenvalue weighted by Gasteiger charge is -2.33. The van der Waals surface area contributed by atoms with Crippen LogP contribution >= 0.6 is 11.6 Å². The van der Waals surface area contributed by atoms with E-state index in [1.165, 1.54) is 12.1 Å². The number of nitrogens with zero attached hydrogens (tertiary/aromatic N) is 5. The van der Waals surface area contributed by atoms with Crippen LogP contribution in [0.4, 0.5) is 14.6 Å². The Kier molecular flexibility index (Phi) is 6.77. The fraction of sp³-hybridized carbons (Fsp3) is 0.533. The molecule has 4 atom stereocenters. The Morgan fingerprint density at radius 3 is 2.86 bits per heavy atom. The van der Waals surface area contributed by atoms with Crippen LogP contribution in [0.25, 0.3) is 22.2 Å². The molecular formula is C30H33ClF2N6O4. The number of hydrogen-bond donors (Lipinski definition) is 2. The molecule has 13 heteroatoms. The Balaban J connectivity index is 1.42. The topological polar surface area (TPSA) is 127 Å². The van der Waals surface area contributed by atoms with Crippen molar-refractivity contribution < 1.29 is 28.2 Å². The molecule has 1 saturated carbocycles. The van der Waals surface area contributed by atoms with E-state index in [2.05, 4.69) is 19.9 Å². The summed E-state index contributed by atoms with van der Waals surface area (Å²) in [4.78, 5) is 30.0. The van der Waals surface area contributed by atoms with Crippen molar-refractivity contribution in [3.63, 3.8) is 0 Å². The number of amides is 1. The number of pyridine rings is 1. The van der Waals surface area contributed by atoms with Crippen molar-refractivity contribution in [3.8, 4) is 28.9 Å². The van der Waals surface area contributed by atoms with Crippen molar-refractivity contribution in [2.45, 2.75) is 75.7 Å². The molecule has 3 aliphatic heterocycles. The van der Waals surface area contributed by atoms with Gasteiger partial charge in [0.15, 0.2) is 5.82 Å². The Morgan fingerprint density at radius 2 is 2.12 bits per heavy atom. The van der Waals surface area contributed by atoms with Crippen molar-refractivity contribution in [2.75, 3.05) is 31.2 Å². The zero-order chi connectivity index (χ0) is 30.2. The van der Waals surface area contributed by atoms with Crippen LogP contribution < -0.4 is 20.1 Å².